The molecule has 1 aliphatic heterocycles. The Balaban J connectivity index is 1.39. The Bertz CT molecular complexity index is 921. The number of rotatable bonds is 6. The van der Waals surface area contributed by atoms with Gasteiger partial charge in [0.25, 0.3) is 0 Å². The second-order valence-electron chi connectivity index (χ2n) is 7.14. The number of nitrogens with one attached hydrogen (secondary N) is 3. The van der Waals surface area contributed by atoms with Gasteiger partial charge in [-0.15, -0.1) is 0 Å². The number of aromatic nitrogens is 3. The average molecular weight is 390 g/mol. The van der Waals surface area contributed by atoms with Crippen LogP contribution in [-0.2, 0) is 6.54 Å². The number of aliphatic imine (C=N–C) groups is 1. The maximum atomic E-state index is 4.80. The highest BCUT2D eigenvalue weighted by Gasteiger charge is 2.23. The van der Waals surface area contributed by atoms with E-state index in [-0.39, 0.29) is 0 Å². The van der Waals surface area contributed by atoms with Gasteiger partial charge in [-0.05, 0) is 37.1 Å². The van der Waals surface area contributed by atoms with Gasteiger partial charge in [-0.1, -0.05) is 36.4 Å². The van der Waals surface area contributed by atoms with Crippen LogP contribution in [0.5, 0.6) is 0 Å². The highest BCUT2D eigenvalue weighted by molar-refractivity contribution is 5.80. The molecule has 0 radical (unpaired) electrons. The largest absolute Gasteiger partial charge is 0.369 e. The number of benzene rings is 2. The molecule has 4 rings (SSSR count). The van der Waals surface area contributed by atoms with Crippen LogP contribution < -0.4 is 15.5 Å². The average Bonchev–Trinajstić information content (AvgIpc) is 3.46. The molecule has 1 aromatic heterocycles. The van der Waals surface area contributed by atoms with E-state index in [2.05, 4.69) is 80.1 Å². The molecule has 7 heteroatoms. The summed E-state index contributed by atoms with van der Waals surface area (Å²) in [6.07, 6.45) is 2.62. The van der Waals surface area contributed by atoms with Crippen molar-refractivity contribution < 1.29 is 0 Å². The first-order valence-corrected chi connectivity index (χ1v) is 10.1. The second kappa shape index (κ2) is 9.23. The quantitative estimate of drug-likeness (QED) is 0.446. The number of hydrogen-bond acceptors (Lipinski definition) is 4. The van der Waals surface area contributed by atoms with E-state index >= 15 is 0 Å². The van der Waals surface area contributed by atoms with E-state index in [1.807, 2.05) is 12.1 Å². The van der Waals surface area contributed by atoms with Crippen molar-refractivity contribution in [3.63, 3.8) is 0 Å². The molecule has 3 aromatic rings. The summed E-state index contributed by atoms with van der Waals surface area (Å²) in [4.78, 5) is 11.4. The highest BCUT2D eigenvalue weighted by atomic mass is 15.2. The summed E-state index contributed by atoms with van der Waals surface area (Å²) in [6, 6.07) is 19.2. The lowest BCUT2D eigenvalue weighted by Crippen LogP contribution is -2.44. The van der Waals surface area contributed by atoms with Gasteiger partial charge in [0.15, 0.2) is 11.8 Å². The maximum absolute atomic E-state index is 4.80. The number of nitrogens with zero attached hydrogens (tertiary/aromatic N) is 4. The second-order valence-corrected chi connectivity index (χ2v) is 7.14. The maximum Gasteiger partial charge on any atom is 0.191 e. The monoisotopic (exact) mass is 389 g/mol. The van der Waals surface area contributed by atoms with E-state index in [9.17, 15) is 0 Å². The highest BCUT2D eigenvalue weighted by Crippen LogP contribution is 2.20. The molecule has 1 atom stereocenters. The normalized spacial score (nSPS) is 16.8. The molecule has 150 valence electrons. The van der Waals surface area contributed by atoms with E-state index in [1.54, 1.807) is 0 Å². The van der Waals surface area contributed by atoms with Gasteiger partial charge in [0.1, 0.15) is 6.33 Å². The van der Waals surface area contributed by atoms with Gasteiger partial charge in [-0.3, -0.25) is 5.10 Å². The van der Waals surface area contributed by atoms with Gasteiger partial charge in [-0.25, -0.2) is 9.98 Å². The summed E-state index contributed by atoms with van der Waals surface area (Å²) < 4.78 is 0. The summed E-state index contributed by atoms with van der Waals surface area (Å²) in [6.45, 7) is 5.56. The van der Waals surface area contributed by atoms with Crippen LogP contribution in [0.4, 0.5) is 5.69 Å². The van der Waals surface area contributed by atoms with Crippen molar-refractivity contribution in [3.05, 3.63) is 66.5 Å². The molecular weight excluding hydrogens is 362 g/mol. The minimum Gasteiger partial charge on any atom is -0.369 e. The molecule has 0 saturated carbocycles. The Morgan fingerprint density at radius 1 is 1.21 bits per heavy atom. The van der Waals surface area contributed by atoms with E-state index in [4.69, 9.17) is 4.99 Å². The molecule has 1 unspecified atom stereocenters. The topological polar surface area (TPSA) is 81.2 Å². The Morgan fingerprint density at radius 3 is 2.90 bits per heavy atom. The first-order chi connectivity index (χ1) is 14.3. The third-order valence-electron chi connectivity index (χ3n) is 5.03. The van der Waals surface area contributed by atoms with Crippen LogP contribution in [0.25, 0.3) is 11.4 Å². The fraction of sp³-hybridized carbons (Fsp3) is 0.318. The third-order valence-corrected chi connectivity index (χ3v) is 5.03. The predicted octanol–water partition coefficient (Wildman–Crippen LogP) is 2.81. The zero-order valence-electron chi connectivity index (χ0n) is 16.7. The van der Waals surface area contributed by atoms with Crippen LogP contribution >= 0.6 is 0 Å². The number of anilines is 1. The van der Waals surface area contributed by atoms with Crippen LogP contribution in [0.3, 0.4) is 0 Å². The van der Waals surface area contributed by atoms with Crippen molar-refractivity contribution in [2.24, 2.45) is 4.99 Å². The minimum absolute atomic E-state index is 0.383. The molecule has 2 aromatic carbocycles. The molecule has 1 fully saturated rings. The van der Waals surface area contributed by atoms with Crippen LogP contribution in [-0.4, -0.2) is 46.8 Å². The SMILES string of the molecule is CCNC(=NCc1cccc(-c2ncn[nH]2)c1)NC1CCN(c2ccccc2)C1. The van der Waals surface area contributed by atoms with Crippen molar-refractivity contribution in [1.29, 1.82) is 0 Å². The van der Waals surface area contributed by atoms with Crippen LogP contribution in [0.2, 0.25) is 0 Å². The summed E-state index contributed by atoms with van der Waals surface area (Å²) in [5.74, 6) is 1.63. The molecule has 3 N–H and O–H groups in total. The lowest BCUT2D eigenvalue weighted by molar-refractivity contribution is 0.649. The summed E-state index contributed by atoms with van der Waals surface area (Å²) >= 11 is 0. The van der Waals surface area contributed by atoms with Gasteiger partial charge in [0.05, 0.1) is 6.54 Å². The predicted molar refractivity (Wildman–Crippen MR) is 117 cm³/mol. The molecular formula is C22H27N7. The van der Waals surface area contributed by atoms with Crippen molar-refractivity contribution in [1.82, 2.24) is 25.8 Å². The fourth-order valence-electron chi connectivity index (χ4n) is 3.60. The van der Waals surface area contributed by atoms with Gasteiger partial charge in [-0.2, -0.15) is 5.10 Å². The molecule has 1 aliphatic rings. The molecule has 1 saturated heterocycles. The summed E-state index contributed by atoms with van der Waals surface area (Å²) in [5.41, 5.74) is 3.43. The fourth-order valence-corrected chi connectivity index (χ4v) is 3.60. The van der Waals surface area contributed by atoms with Gasteiger partial charge in [0, 0.05) is 36.9 Å². The van der Waals surface area contributed by atoms with E-state index < -0.39 is 0 Å². The molecule has 0 spiro atoms. The third kappa shape index (κ3) is 4.93. The van der Waals surface area contributed by atoms with Crippen LogP contribution in [0, 0.1) is 0 Å². The molecule has 7 nitrogen and oxygen atoms in total. The Hall–Kier alpha value is -3.35. The number of guanidine groups is 1. The smallest absolute Gasteiger partial charge is 0.191 e. The molecule has 0 amide bonds. The number of H-pyrrole nitrogens is 1. The lowest BCUT2D eigenvalue weighted by atomic mass is 10.1. The van der Waals surface area contributed by atoms with Crippen LogP contribution in [0.15, 0.2) is 65.9 Å². The Morgan fingerprint density at radius 2 is 2.10 bits per heavy atom. The van der Waals surface area contributed by atoms with E-state index in [1.165, 1.54) is 12.0 Å². The standard InChI is InChI=1S/C22H27N7/c1-2-23-22(27-19-11-12-29(15-19)20-9-4-3-5-10-20)24-14-17-7-6-8-18(13-17)21-25-16-26-28-21/h3-10,13,16,19H,2,11-12,14-15H2,1H3,(H2,23,24,27)(H,25,26,28). The van der Waals surface area contributed by atoms with Crippen molar-refractivity contribution in [2.45, 2.75) is 25.9 Å². The van der Waals surface area contributed by atoms with Crippen molar-refractivity contribution in [2.75, 3.05) is 24.5 Å². The van der Waals surface area contributed by atoms with E-state index in [0.717, 1.165) is 49.0 Å². The van der Waals surface area contributed by atoms with Gasteiger partial charge < -0.3 is 15.5 Å². The Labute approximate surface area is 171 Å². The zero-order valence-corrected chi connectivity index (χ0v) is 16.7. The number of aromatic amines is 1. The first kappa shape index (κ1) is 19.0. The number of para-hydroxylation sites is 1. The summed E-state index contributed by atoms with van der Waals surface area (Å²) in [7, 11) is 0. The van der Waals surface area contributed by atoms with Crippen molar-refractivity contribution >= 4 is 11.6 Å². The van der Waals surface area contributed by atoms with Crippen LogP contribution in [0.1, 0.15) is 18.9 Å². The Kier molecular flexibility index (Phi) is 6.04. The van der Waals surface area contributed by atoms with Crippen molar-refractivity contribution in [3.8, 4) is 11.4 Å². The first-order valence-electron chi connectivity index (χ1n) is 10.1. The molecule has 0 aliphatic carbocycles. The molecule has 0 bridgehead atoms. The lowest BCUT2D eigenvalue weighted by Gasteiger charge is -2.20. The minimum atomic E-state index is 0.383. The van der Waals surface area contributed by atoms with Gasteiger partial charge >= 0.3 is 0 Å². The molecule has 29 heavy (non-hydrogen) atoms. The van der Waals surface area contributed by atoms with E-state index in [0.29, 0.717) is 12.6 Å². The molecule has 2 heterocycles. The number of hydrogen-bond donors (Lipinski definition) is 3. The zero-order chi connectivity index (χ0) is 19.9. The van der Waals surface area contributed by atoms with Gasteiger partial charge in [0.2, 0.25) is 0 Å². The summed E-state index contributed by atoms with van der Waals surface area (Å²) in [5, 5.41) is 13.8.